The second kappa shape index (κ2) is 3.93. The topological polar surface area (TPSA) is 20.2 Å². The van der Waals surface area contributed by atoms with E-state index in [1.807, 2.05) is 0 Å². The van der Waals surface area contributed by atoms with Gasteiger partial charge in [-0.2, -0.15) is 0 Å². The second-order valence-corrected chi connectivity index (χ2v) is 3.58. The first-order chi connectivity index (χ1) is 7.59. The van der Waals surface area contributed by atoms with E-state index in [4.69, 9.17) is 5.11 Å². The zero-order valence-corrected chi connectivity index (χ0v) is 8.67. The summed E-state index contributed by atoms with van der Waals surface area (Å²) in [5.74, 6) is -1.44. The fraction of sp³-hybridized carbons (Fsp3) is 0.0769. The average Bonchev–Trinajstić information content (AvgIpc) is 2.26. The molecule has 1 nitrogen and oxygen atoms in total. The summed E-state index contributed by atoms with van der Waals surface area (Å²) in [5, 5.41) is 9.07. The molecule has 2 aromatic carbocycles. The Hall–Kier alpha value is -1.90. The lowest BCUT2D eigenvalue weighted by atomic mass is 10.00. The largest absolute Gasteiger partial charge is 0.505 e. The molecule has 0 fully saturated rings. The first-order valence-corrected chi connectivity index (χ1v) is 4.83. The van der Waals surface area contributed by atoms with Crippen molar-refractivity contribution in [1.29, 1.82) is 0 Å². The summed E-state index contributed by atoms with van der Waals surface area (Å²) in [7, 11) is 0. The normalized spacial score (nSPS) is 10.4. The van der Waals surface area contributed by atoms with Crippen molar-refractivity contribution < 1.29 is 13.9 Å². The van der Waals surface area contributed by atoms with Gasteiger partial charge in [0.2, 0.25) is 0 Å². The Balaban J connectivity index is 2.59. The van der Waals surface area contributed by atoms with Crippen molar-refractivity contribution in [2.45, 2.75) is 6.92 Å². The van der Waals surface area contributed by atoms with E-state index in [1.54, 1.807) is 25.1 Å². The molecule has 2 aromatic rings. The molecule has 0 bridgehead atoms. The third kappa shape index (κ3) is 1.76. The van der Waals surface area contributed by atoms with Crippen LogP contribution in [0.2, 0.25) is 0 Å². The summed E-state index contributed by atoms with van der Waals surface area (Å²) < 4.78 is 26.5. The highest BCUT2D eigenvalue weighted by atomic mass is 19.1. The number of benzene rings is 2. The Labute approximate surface area is 92.0 Å². The molecule has 2 rings (SSSR count). The van der Waals surface area contributed by atoms with Crippen molar-refractivity contribution in [3.8, 4) is 16.9 Å². The van der Waals surface area contributed by atoms with Crippen molar-refractivity contribution >= 4 is 0 Å². The number of rotatable bonds is 1. The Kier molecular flexibility index (Phi) is 2.60. The highest BCUT2D eigenvalue weighted by Crippen LogP contribution is 2.28. The molecule has 3 heteroatoms. The van der Waals surface area contributed by atoms with Crippen molar-refractivity contribution in [3.63, 3.8) is 0 Å². The van der Waals surface area contributed by atoms with Crippen LogP contribution in [0.4, 0.5) is 8.78 Å². The van der Waals surface area contributed by atoms with Crippen molar-refractivity contribution in [2.24, 2.45) is 0 Å². The van der Waals surface area contributed by atoms with E-state index < -0.39 is 11.6 Å². The monoisotopic (exact) mass is 220 g/mol. The fourth-order valence-electron chi connectivity index (χ4n) is 1.59. The molecule has 0 amide bonds. The molecule has 0 aliphatic heterocycles. The van der Waals surface area contributed by atoms with Gasteiger partial charge in [0.15, 0.2) is 11.6 Å². The van der Waals surface area contributed by atoms with Gasteiger partial charge < -0.3 is 5.11 Å². The van der Waals surface area contributed by atoms with Gasteiger partial charge in [-0.1, -0.05) is 18.2 Å². The van der Waals surface area contributed by atoms with Crippen molar-refractivity contribution in [3.05, 3.63) is 53.6 Å². The van der Waals surface area contributed by atoms with Crippen LogP contribution < -0.4 is 0 Å². The van der Waals surface area contributed by atoms with Gasteiger partial charge in [-0.05, 0) is 41.8 Å². The summed E-state index contributed by atoms with van der Waals surface area (Å²) in [5.41, 5.74) is 1.64. The van der Waals surface area contributed by atoms with E-state index in [0.717, 1.165) is 0 Å². The molecule has 0 unspecified atom stereocenters. The van der Waals surface area contributed by atoms with Gasteiger partial charge in [0, 0.05) is 0 Å². The predicted octanol–water partition coefficient (Wildman–Crippen LogP) is 3.65. The molecule has 0 atom stereocenters. The average molecular weight is 220 g/mol. The lowest BCUT2D eigenvalue weighted by molar-refractivity contribution is 0.432. The summed E-state index contributed by atoms with van der Waals surface area (Å²) in [6.07, 6.45) is 0. The fourth-order valence-corrected chi connectivity index (χ4v) is 1.59. The van der Waals surface area contributed by atoms with Gasteiger partial charge in [-0.15, -0.1) is 0 Å². The number of hydrogen-bond donors (Lipinski definition) is 1. The van der Waals surface area contributed by atoms with Gasteiger partial charge >= 0.3 is 0 Å². The van der Waals surface area contributed by atoms with Crippen LogP contribution in [0, 0.1) is 18.6 Å². The van der Waals surface area contributed by atoms with E-state index >= 15 is 0 Å². The summed E-state index contributed by atoms with van der Waals surface area (Å²) in [6, 6.07) is 8.65. The minimum atomic E-state index is -0.707. The molecule has 0 aliphatic carbocycles. The van der Waals surface area contributed by atoms with E-state index in [-0.39, 0.29) is 5.82 Å². The van der Waals surface area contributed by atoms with Crippen LogP contribution in [0.3, 0.4) is 0 Å². The van der Waals surface area contributed by atoms with Crippen LogP contribution in [-0.4, -0.2) is 5.11 Å². The third-order valence-corrected chi connectivity index (χ3v) is 2.53. The Morgan fingerprint density at radius 2 is 1.75 bits per heavy atom. The first kappa shape index (κ1) is 10.6. The van der Waals surface area contributed by atoms with E-state index in [9.17, 15) is 8.78 Å². The molecule has 0 saturated carbocycles. The standard InChI is InChI=1S/C13H10F2O/c1-8-10(3-2-4-11(8)14)9-5-6-13(16)12(15)7-9/h2-7,16H,1H3. The van der Waals surface area contributed by atoms with E-state index in [0.29, 0.717) is 16.7 Å². The number of phenols is 1. The van der Waals surface area contributed by atoms with Gasteiger partial charge in [-0.3, -0.25) is 0 Å². The Bertz CT molecular complexity index is 535. The molecule has 82 valence electrons. The molecule has 0 heterocycles. The Morgan fingerprint density at radius 1 is 1.00 bits per heavy atom. The van der Waals surface area contributed by atoms with Crippen molar-refractivity contribution in [1.82, 2.24) is 0 Å². The maximum Gasteiger partial charge on any atom is 0.165 e. The molecule has 0 saturated heterocycles. The Morgan fingerprint density at radius 3 is 2.44 bits per heavy atom. The molecule has 0 radical (unpaired) electrons. The van der Waals surface area contributed by atoms with E-state index in [1.165, 1.54) is 18.2 Å². The number of hydrogen-bond acceptors (Lipinski definition) is 1. The maximum atomic E-state index is 13.3. The zero-order valence-electron chi connectivity index (χ0n) is 8.67. The molecule has 0 aromatic heterocycles. The van der Waals surface area contributed by atoms with Crippen LogP contribution in [0.25, 0.3) is 11.1 Å². The lowest BCUT2D eigenvalue weighted by Gasteiger charge is -2.07. The molecular weight excluding hydrogens is 210 g/mol. The smallest absolute Gasteiger partial charge is 0.165 e. The number of halogens is 2. The highest BCUT2D eigenvalue weighted by molar-refractivity contribution is 5.68. The quantitative estimate of drug-likeness (QED) is 0.777. The second-order valence-electron chi connectivity index (χ2n) is 3.58. The van der Waals surface area contributed by atoms with Crippen LogP contribution in [0.15, 0.2) is 36.4 Å². The van der Waals surface area contributed by atoms with Crippen molar-refractivity contribution in [2.75, 3.05) is 0 Å². The molecule has 16 heavy (non-hydrogen) atoms. The van der Waals surface area contributed by atoms with Crippen LogP contribution in [0.1, 0.15) is 5.56 Å². The third-order valence-electron chi connectivity index (χ3n) is 2.53. The van der Waals surface area contributed by atoms with Gasteiger partial charge in [0.05, 0.1) is 0 Å². The maximum absolute atomic E-state index is 13.3. The van der Waals surface area contributed by atoms with Crippen LogP contribution >= 0.6 is 0 Å². The first-order valence-electron chi connectivity index (χ1n) is 4.83. The summed E-state index contributed by atoms with van der Waals surface area (Å²) in [4.78, 5) is 0. The molecule has 0 aliphatic rings. The van der Waals surface area contributed by atoms with Crippen LogP contribution in [-0.2, 0) is 0 Å². The summed E-state index contributed by atoms with van der Waals surface area (Å²) in [6.45, 7) is 1.63. The molecule has 1 N–H and O–H groups in total. The van der Waals surface area contributed by atoms with Gasteiger partial charge in [0.25, 0.3) is 0 Å². The minimum absolute atomic E-state index is 0.328. The number of phenolic OH excluding ortho intramolecular Hbond substituents is 1. The predicted molar refractivity (Wildman–Crippen MR) is 58.2 cm³/mol. The summed E-state index contributed by atoms with van der Waals surface area (Å²) >= 11 is 0. The zero-order chi connectivity index (χ0) is 11.7. The van der Waals surface area contributed by atoms with Gasteiger partial charge in [-0.25, -0.2) is 8.78 Å². The highest BCUT2D eigenvalue weighted by Gasteiger charge is 2.08. The number of aromatic hydroxyl groups is 1. The minimum Gasteiger partial charge on any atom is -0.505 e. The van der Waals surface area contributed by atoms with Crippen LogP contribution in [0.5, 0.6) is 5.75 Å². The lowest BCUT2D eigenvalue weighted by Crippen LogP contribution is -1.88. The molecule has 0 spiro atoms. The van der Waals surface area contributed by atoms with Gasteiger partial charge in [0.1, 0.15) is 5.82 Å². The SMILES string of the molecule is Cc1c(F)cccc1-c1ccc(O)c(F)c1. The van der Waals surface area contributed by atoms with E-state index in [2.05, 4.69) is 0 Å². The molecular formula is C13H10F2O.